The summed E-state index contributed by atoms with van der Waals surface area (Å²) >= 11 is 3.28. The van der Waals surface area contributed by atoms with Crippen molar-refractivity contribution in [2.75, 3.05) is 6.61 Å². The Hall–Kier alpha value is -0.450. The number of nitrogens with one attached hydrogen (secondary N) is 1. The van der Waals surface area contributed by atoms with Crippen molar-refractivity contribution in [3.8, 4) is 0 Å². The lowest BCUT2D eigenvalue weighted by Crippen LogP contribution is -2.28. The van der Waals surface area contributed by atoms with E-state index in [1.54, 1.807) is 12.1 Å². The van der Waals surface area contributed by atoms with E-state index in [1.165, 1.54) is 6.07 Å². The van der Waals surface area contributed by atoms with E-state index < -0.39 is 0 Å². The Morgan fingerprint density at radius 3 is 2.93 bits per heavy atom. The Bertz CT molecular complexity index is 306. The molecule has 0 aliphatic rings. The summed E-state index contributed by atoms with van der Waals surface area (Å²) in [7, 11) is 0. The number of hydrogen-bond donors (Lipinski definition) is 2. The summed E-state index contributed by atoms with van der Waals surface area (Å²) in [5, 5.41) is 11.8. The molecule has 0 aliphatic carbocycles. The molecule has 0 aromatic heterocycles. The average Bonchev–Trinajstić information content (AvgIpc) is 2.19. The van der Waals surface area contributed by atoms with E-state index in [-0.39, 0.29) is 18.5 Å². The average molecular weight is 262 g/mol. The minimum absolute atomic E-state index is 0.0200. The fourth-order valence-electron chi connectivity index (χ4n) is 1.03. The molecule has 1 aromatic rings. The van der Waals surface area contributed by atoms with Crippen molar-refractivity contribution < 1.29 is 9.50 Å². The molecule has 0 radical (unpaired) electrons. The van der Waals surface area contributed by atoms with Crippen molar-refractivity contribution >= 4 is 15.9 Å². The Labute approximate surface area is 91.3 Å². The number of benzene rings is 1. The van der Waals surface area contributed by atoms with Gasteiger partial charge in [-0.2, -0.15) is 0 Å². The van der Waals surface area contributed by atoms with Crippen molar-refractivity contribution in [3.05, 3.63) is 34.1 Å². The Kier molecular flexibility index (Phi) is 4.51. The number of rotatable bonds is 4. The molecule has 0 amide bonds. The normalized spacial score (nSPS) is 12.9. The topological polar surface area (TPSA) is 32.3 Å². The van der Waals surface area contributed by atoms with Gasteiger partial charge in [0.1, 0.15) is 5.82 Å². The zero-order valence-corrected chi connectivity index (χ0v) is 9.51. The predicted octanol–water partition coefficient (Wildman–Crippen LogP) is 2.06. The van der Waals surface area contributed by atoms with Crippen molar-refractivity contribution in [2.24, 2.45) is 0 Å². The van der Waals surface area contributed by atoms with Gasteiger partial charge in [0.25, 0.3) is 0 Å². The largest absolute Gasteiger partial charge is 0.395 e. The van der Waals surface area contributed by atoms with Crippen LogP contribution in [0.2, 0.25) is 0 Å². The fourth-order valence-corrected chi connectivity index (χ4v) is 1.44. The highest BCUT2D eigenvalue weighted by molar-refractivity contribution is 9.10. The first kappa shape index (κ1) is 11.6. The summed E-state index contributed by atoms with van der Waals surface area (Å²) < 4.78 is 14.1. The van der Waals surface area contributed by atoms with Crippen molar-refractivity contribution in [1.29, 1.82) is 0 Å². The van der Waals surface area contributed by atoms with Gasteiger partial charge in [0.2, 0.25) is 0 Å². The van der Waals surface area contributed by atoms with Gasteiger partial charge in [-0.05, 0) is 25.1 Å². The molecule has 2 nitrogen and oxygen atoms in total. The van der Waals surface area contributed by atoms with Gasteiger partial charge in [0, 0.05) is 22.6 Å². The van der Waals surface area contributed by atoms with Crippen molar-refractivity contribution in [3.63, 3.8) is 0 Å². The van der Waals surface area contributed by atoms with Crippen LogP contribution in [0.25, 0.3) is 0 Å². The molecule has 1 atom stereocenters. The third-order valence-corrected chi connectivity index (χ3v) is 2.42. The highest BCUT2D eigenvalue weighted by atomic mass is 79.9. The fraction of sp³-hybridized carbons (Fsp3) is 0.400. The maximum atomic E-state index is 13.2. The second kappa shape index (κ2) is 5.44. The summed E-state index contributed by atoms with van der Waals surface area (Å²) in [5.41, 5.74) is 0.597. The van der Waals surface area contributed by atoms with Crippen LogP contribution in [0.1, 0.15) is 12.5 Å². The summed E-state index contributed by atoms with van der Waals surface area (Å²) in [4.78, 5) is 0. The van der Waals surface area contributed by atoms with Crippen molar-refractivity contribution in [1.82, 2.24) is 5.32 Å². The van der Waals surface area contributed by atoms with Crippen LogP contribution in [0.5, 0.6) is 0 Å². The van der Waals surface area contributed by atoms with Crippen LogP contribution in [0.15, 0.2) is 22.7 Å². The SMILES string of the molecule is C[C@H](CO)NCc1cc(Br)ccc1F. The molecule has 1 rings (SSSR count). The van der Waals surface area contributed by atoms with Gasteiger partial charge in [-0.25, -0.2) is 4.39 Å². The Morgan fingerprint density at radius 1 is 1.57 bits per heavy atom. The lowest BCUT2D eigenvalue weighted by atomic mass is 10.2. The third-order valence-electron chi connectivity index (χ3n) is 1.92. The second-order valence-electron chi connectivity index (χ2n) is 3.20. The number of hydrogen-bond acceptors (Lipinski definition) is 2. The molecular formula is C10H13BrFNO. The third kappa shape index (κ3) is 3.36. The van der Waals surface area contributed by atoms with Gasteiger partial charge < -0.3 is 10.4 Å². The van der Waals surface area contributed by atoms with E-state index in [9.17, 15) is 4.39 Å². The standard InChI is InChI=1S/C10H13BrFNO/c1-7(6-14)13-5-8-4-9(11)2-3-10(8)12/h2-4,7,13-14H,5-6H2,1H3/t7-/m1/s1. The molecule has 0 bridgehead atoms. The van der Waals surface area contributed by atoms with Gasteiger partial charge in [-0.3, -0.25) is 0 Å². The molecule has 0 spiro atoms. The van der Waals surface area contributed by atoms with Crippen LogP contribution in [-0.2, 0) is 6.54 Å². The van der Waals surface area contributed by atoms with Crippen LogP contribution < -0.4 is 5.32 Å². The van der Waals surface area contributed by atoms with Crippen LogP contribution in [0, 0.1) is 5.82 Å². The molecule has 2 N–H and O–H groups in total. The smallest absolute Gasteiger partial charge is 0.127 e. The van der Waals surface area contributed by atoms with Crippen LogP contribution in [-0.4, -0.2) is 17.8 Å². The lowest BCUT2D eigenvalue weighted by molar-refractivity contribution is 0.250. The summed E-state index contributed by atoms with van der Waals surface area (Å²) in [6.07, 6.45) is 0. The molecule has 1 aromatic carbocycles. The predicted molar refractivity (Wildman–Crippen MR) is 57.5 cm³/mol. The molecule has 0 heterocycles. The van der Waals surface area contributed by atoms with Crippen LogP contribution in [0.3, 0.4) is 0 Å². The van der Waals surface area contributed by atoms with Gasteiger partial charge >= 0.3 is 0 Å². The monoisotopic (exact) mass is 261 g/mol. The van der Waals surface area contributed by atoms with E-state index in [2.05, 4.69) is 21.2 Å². The van der Waals surface area contributed by atoms with Crippen LogP contribution in [0.4, 0.5) is 4.39 Å². The van der Waals surface area contributed by atoms with E-state index in [4.69, 9.17) is 5.11 Å². The molecule has 0 saturated carbocycles. The van der Waals surface area contributed by atoms with Gasteiger partial charge in [0.05, 0.1) is 6.61 Å². The quantitative estimate of drug-likeness (QED) is 0.870. The lowest BCUT2D eigenvalue weighted by Gasteiger charge is -2.11. The van der Waals surface area contributed by atoms with E-state index in [0.29, 0.717) is 12.1 Å². The summed E-state index contributed by atoms with van der Waals surface area (Å²) in [5.74, 6) is -0.231. The summed E-state index contributed by atoms with van der Waals surface area (Å²) in [6.45, 7) is 2.32. The van der Waals surface area contributed by atoms with E-state index in [1.807, 2.05) is 6.92 Å². The van der Waals surface area contributed by atoms with Crippen LogP contribution >= 0.6 is 15.9 Å². The number of aliphatic hydroxyl groups excluding tert-OH is 1. The molecular weight excluding hydrogens is 249 g/mol. The molecule has 14 heavy (non-hydrogen) atoms. The van der Waals surface area contributed by atoms with Crippen molar-refractivity contribution in [2.45, 2.75) is 19.5 Å². The van der Waals surface area contributed by atoms with Gasteiger partial charge in [0.15, 0.2) is 0 Å². The zero-order chi connectivity index (χ0) is 10.6. The first-order chi connectivity index (χ1) is 6.63. The van der Waals surface area contributed by atoms with E-state index in [0.717, 1.165) is 4.47 Å². The molecule has 0 fully saturated rings. The maximum absolute atomic E-state index is 13.2. The molecule has 0 unspecified atom stereocenters. The van der Waals surface area contributed by atoms with E-state index >= 15 is 0 Å². The minimum atomic E-state index is -0.231. The Morgan fingerprint density at radius 2 is 2.29 bits per heavy atom. The minimum Gasteiger partial charge on any atom is -0.395 e. The molecule has 4 heteroatoms. The molecule has 78 valence electrons. The first-order valence-corrected chi connectivity index (χ1v) is 5.21. The summed E-state index contributed by atoms with van der Waals surface area (Å²) in [6, 6.07) is 4.79. The zero-order valence-electron chi connectivity index (χ0n) is 7.93. The maximum Gasteiger partial charge on any atom is 0.127 e. The first-order valence-electron chi connectivity index (χ1n) is 4.41. The second-order valence-corrected chi connectivity index (χ2v) is 4.12. The molecule has 0 aliphatic heterocycles. The van der Waals surface area contributed by atoms with Gasteiger partial charge in [-0.15, -0.1) is 0 Å². The Balaban J connectivity index is 2.62. The highest BCUT2D eigenvalue weighted by Crippen LogP contribution is 2.15. The highest BCUT2D eigenvalue weighted by Gasteiger charge is 2.04. The van der Waals surface area contributed by atoms with Gasteiger partial charge in [-0.1, -0.05) is 15.9 Å². The molecule has 0 saturated heterocycles. The number of aliphatic hydroxyl groups is 1. The number of halogens is 2.